The molecule has 1 N–H and O–H groups in total. The number of carbonyl (C=O) groups is 1. The number of anilines is 2. The van der Waals surface area contributed by atoms with Crippen LogP contribution in [0.1, 0.15) is 12.5 Å². The molecular formula is C18H17N9O. The molecule has 0 unspecified atom stereocenters. The third-order valence-electron chi connectivity index (χ3n) is 3.67. The lowest BCUT2D eigenvalue weighted by atomic mass is 10.2. The summed E-state index contributed by atoms with van der Waals surface area (Å²) in [5, 5.41) is 24.6. The largest absolute Gasteiger partial charge is 0.378 e. The van der Waals surface area contributed by atoms with Crippen molar-refractivity contribution in [2.75, 3.05) is 24.3 Å². The van der Waals surface area contributed by atoms with Crippen LogP contribution in [0.3, 0.4) is 0 Å². The van der Waals surface area contributed by atoms with Gasteiger partial charge in [-0.1, -0.05) is 0 Å². The molecule has 0 spiro atoms. The van der Waals surface area contributed by atoms with E-state index >= 15 is 0 Å². The van der Waals surface area contributed by atoms with Gasteiger partial charge in [0.1, 0.15) is 17.3 Å². The molecule has 0 bridgehead atoms. The summed E-state index contributed by atoms with van der Waals surface area (Å²) in [6, 6.07) is 9.07. The lowest BCUT2D eigenvalue weighted by Crippen LogP contribution is -2.10. The molecule has 0 fully saturated rings. The van der Waals surface area contributed by atoms with E-state index in [1.165, 1.54) is 17.8 Å². The summed E-state index contributed by atoms with van der Waals surface area (Å²) >= 11 is 0. The Balaban J connectivity index is 2.04. The first-order chi connectivity index (χ1) is 13.5. The van der Waals surface area contributed by atoms with Gasteiger partial charge in [0.2, 0.25) is 5.91 Å². The average molecular weight is 375 g/mol. The molecule has 1 aromatic carbocycles. The standard InChI is InChI=1S/C18H17N9O/c1-12(28)23-16-9-14(26(2)3)5-6-15(16)24-25-17-13(10-19)11-22-27(17)18-20-7-4-8-21-18/h4-9,11H,1-3H3,(H,23,28)/b25-24+. The highest BCUT2D eigenvalue weighted by atomic mass is 16.1. The lowest BCUT2D eigenvalue weighted by Gasteiger charge is -2.15. The zero-order valence-corrected chi connectivity index (χ0v) is 15.5. The summed E-state index contributed by atoms with van der Waals surface area (Å²) in [6.07, 6.45) is 4.49. The van der Waals surface area contributed by atoms with Gasteiger partial charge < -0.3 is 10.2 Å². The van der Waals surface area contributed by atoms with Crippen LogP contribution >= 0.6 is 0 Å². The molecule has 10 nitrogen and oxygen atoms in total. The number of aromatic nitrogens is 4. The second-order valence-electron chi connectivity index (χ2n) is 5.93. The molecule has 2 heterocycles. The summed E-state index contributed by atoms with van der Waals surface area (Å²) in [7, 11) is 3.79. The molecule has 0 aliphatic carbocycles. The van der Waals surface area contributed by atoms with E-state index in [0.717, 1.165) is 5.69 Å². The molecule has 28 heavy (non-hydrogen) atoms. The fourth-order valence-corrected chi connectivity index (χ4v) is 2.34. The number of azo groups is 1. The normalized spacial score (nSPS) is 10.6. The first kappa shape index (κ1) is 18.7. The molecular weight excluding hydrogens is 358 g/mol. The maximum atomic E-state index is 11.5. The van der Waals surface area contributed by atoms with Crippen LogP contribution in [-0.2, 0) is 4.79 Å². The van der Waals surface area contributed by atoms with Crippen LogP contribution in [0.2, 0.25) is 0 Å². The number of carbonyl (C=O) groups excluding carboxylic acids is 1. The summed E-state index contributed by atoms with van der Waals surface area (Å²) in [5.74, 6) is 0.231. The fourth-order valence-electron chi connectivity index (χ4n) is 2.34. The number of nitrogens with zero attached hydrogens (tertiary/aromatic N) is 8. The number of hydrogen-bond donors (Lipinski definition) is 1. The SMILES string of the molecule is CC(=O)Nc1cc(N(C)C)ccc1/N=N/c1c(C#N)cnn1-c1ncccn1. The van der Waals surface area contributed by atoms with Crippen LogP contribution in [0.4, 0.5) is 22.9 Å². The predicted molar refractivity (Wildman–Crippen MR) is 103 cm³/mol. The van der Waals surface area contributed by atoms with E-state index in [9.17, 15) is 10.1 Å². The fraction of sp³-hybridized carbons (Fsp3) is 0.167. The van der Waals surface area contributed by atoms with Gasteiger partial charge in [-0.3, -0.25) is 4.79 Å². The quantitative estimate of drug-likeness (QED) is 0.684. The van der Waals surface area contributed by atoms with Crippen molar-refractivity contribution in [1.82, 2.24) is 19.7 Å². The minimum Gasteiger partial charge on any atom is -0.378 e. The minimum atomic E-state index is -0.229. The van der Waals surface area contributed by atoms with Crippen LogP contribution in [0, 0.1) is 11.3 Å². The van der Waals surface area contributed by atoms with E-state index in [1.54, 1.807) is 30.6 Å². The third kappa shape index (κ3) is 3.99. The summed E-state index contributed by atoms with van der Waals surface area (Å²) in [5.41, 5.74) is 2.06. The average Bonchev–Trinajstić information content (AvgIpc) is 3.10. The van der Waals surface area contributed by atoms with Crippen LogP contribution in [0.15, 0.2) is 53.1 Å². The number of hydrogen-bond acceptors (Lipinski definition) is 8. The minimum absolute atomic E-state index is 0.194. The van der Waals surface area contributed by atoms with Crippen LogP contribution in [0.25, 0.3) is 5.95 Å². The second kappa shape index (κ2) is 8.05. The summed E-state index contributed by atoms with van der Waals surface area (Å²) < 4.78 is 1.33. The van der Waals surface area contributed by atoms with Gasteiger partial charge >= 0.3 is 0 Å². The highest BCUT2D eigenvalue weighted by molar-refractivity contribution is 5.92. The van der Waals surface area contributed by atoms with E-state index in [0.29, 0.717) is 11.4 Å². The molecule has 0 atom stereocenters. The van der Waals surface area contributed by atoms with Crippen LogP contribution < -0.4 is 10.2 Å². The Morgan fingerprint density at radius 2 is 2.00 bits per heavy atom. The van der Waals surface area contributed by atoms with Gasteiger partial charge in [0.05, 0.1) is 11.9 Å². The monoisotopic (exact) mass is 375 g/mol. The number of nitrogens with one attached hydrogen (secondary N) is 1. The second-order valence-corrected chi connectivity index (χ2v) is 5.93. The highest BCUT2D eigenvalue weighted by Gasteiger charge is 2.14. The van der Waals surface area contributed by atoms with Crippen molar-refractivity contribution in [3.63, 3.8) is 0 Å². The molecule has 3 aromatic rings. The maximum Gasteiger partial charge on any atom is 0.252 e. The summed E-state index contributed by atoms with van der Waals surface area (Å²) in [6.45, 7) is 1.42. The number of nitriles is 1. The van der Waals surface area contributed by atoms with Gasteiger partial charge in [0.25, 0.3) is 5.95 Å². The van der Waals surface area contributed by atoms with E-state index in [-0.39, 0.29) is 23.2 Å². The van der Waals surface area contributed by atoms with Crippen molar-refractivity contribution >= 4 is 28.8 Å². The van der Waals surface area contributed by atoms with Gasteiger partial charge in [-0.25, -0.2) is 9.97 Å². The molecule has 0 saturated carbocycles. The smallest absolute Gasteiger partial charge is 0.252 e. The molecule has 0 saturated heterocycles. The maximum absolute atomic E-state index is 11.5. The van der Waals surface area contributed by atoms with Crippen LogP contribution in [-0.4, -0.2) is 39.8 Å². The Morgan fingerprint density at radius 3 is 2.64 bits per heavy atom. The molecule has 3 rings (SSSR count). The van der Waals surface area contributed by atoms with Crippen molar-refractivity contribution < 1.29 is 4.79 Å². The van der Waals surface area contributed by atoms with E-state index in [2.05, 4.69) is 30.6 Å². The number of rotatable bonds is 5. The number of benzene rings is 1. The topological polar surface area (TPSA) is 124 Å². The summed E-state index contributed by atoms with van der Waals surface area (Å²) in [4.78, 5) is 21.7. The third-order valence-corrected chi connectivity index (χ3v) is 3.67. The Kier molecular flexibility index (Phi) is 5.36. The molecule has 140 valence electrons. The number of amides is 1. The van der Waals surface area contributed by atoms with Gasteiger partial charge in [-0.2, -0.15) is 15.0 Å². The van der Waals surface area contributed by atoms with E-state index in [4.69, 9.17) is 0 Å². The first-order valence-electron chi connectivity index (χ1n) is 8.26. The molecule has 1 amide bonds. The molecule has 10 heteroatoms. The van der Waals surface area contributed by atoms with E-state index in [1.807, 2.05) is 31.1 Å². The van der Waals surface area contributed by atoms with Crippen molar-refractivity contribution in [3.8, 4) is 12.0 Å². The highest BCUT2D eigenvalue weighted by Crippen LogP contribution is 2.32. The molecule has 0 aliphatic heterocycles. The molecule has 0 aliphatic rings. The zero-order valence-electron chi connectivity index (χ0n) is 15.5. The Bertz CT molecular complexity index is 1060. The van der Waals surface area contributed by atoms with Crippen molar-refractivity contribution in [2.24, 2.45) is 10.2 Å². The Labute approximate surface area is 161 Å². The zero-order chi connectivity index (χ0) is 20.1. The Morgan fingerprint density at radius 1 is 1.25 bits per heavy atom. The molecule has 2 aromatic heterocycles. The Hall–Kier alpha value is -4.13. The van der Waals surface area contributed by atoms with Crippen molar-refractivity contribution in [1.29, 1.82) is 5.26 Å². The molecule has 0 radical (unpaired) electrons. The van der Waals surface area contributed by atoms with Crippen molar-refractivity contribution in [3.05, 3.63) is 48.4 Å². The van der Waals surface area contributed by atoms with Gasteiger partial charge in [-0.15, -0.1) is 10.2 Å². The van der Waals surface area contributed by atoms with Gasteiger partial charge in [-0.05, 0) is 24.3 Å². The van der Waals surface area contributed by atoms with Gasteiger partial charge in [0, 0.05) is 39.1 Å². The van der Waals surface area contributed by atoms with Gasteiger partial charge in [0.15, 0.2) is 5.82 Å². The van der Waals surface area contributed by atoms with E-state index < -0.39 is 0 Å². The van der Waals surface area contributed by atoms with Crippen molar-refractivity contribution in [2.45, 2.75) is 6.92 Å². The first-order valence-corrected chi connectivity index (χ1v) is 8.26. The lowest BCUT2D eigenvalue weighted by molar-refractivity contribution is -0.114. The predicted octanol–water partition coefficient (Wildman–Crippen LogP) is 2.97. The van der Waals surface area contributed by atoms with Crippen LogP contribution in [0.5, 0.6) is 0 Å².